The quantitative estimate of drug-likeness (QED) is 0.219. The summed E-state index contributed by atoms with van der Waals surface area (Å²) >= 11 is 3.48. The second-order valence-corrected chi connectivity index (χ2v) is 8.66. The van der Waals surface area contributed by atoms with Gasteiger partial charge in [0.05, 0.1) is 20.7 Å². The van der Waals surface area contributed by atoms with Crippen LogP contribution in [0.25, 0.3) is 52.8 Å². The predicted molar refractivity (Wildman–Crippen MR) is 117 cm³/mol. The van der Waals surface area contributed by atoms with Crippen molar-refractivity contribution in [3.63, 3.8) is 0 Å². The normalized spacial score (nSPS) is 11.9. The van der Waals surface area contributed by atoms with E-state index in [0.29, 0.717) is 0 Å². The maximum absolute atomic E-state index is 4.53. The third kappa shape index (κ3) is 2.21. The molecule has 5 aromatic heterocycles. The maximum Gasteiger partial charge on any atom is 0.169 e. The predicted octanol–water partition coefficient (Wildman–Crippen LogP) is 6.05. The van der Waals surface area contributed by atoms with Crippen LogP contribution in [-0.2, 0) is 20.1 Å². The molecule has 0 fully saturated rings. The Labute approximate surface area is 186 Å². The van der Waals surface area contributed by atoms with Crippen molar-refractivity contribution < 1.29 is 20.1 Å². The van der Waals surface area contributed by atoms with Crippen molar-refractivity contribution in [2.24, 2.45) is 0 Å². The monoisotopic (exact) mass is 588 g/mol. The smallest absolute Gasteiger partial charge is 0.169 e. The molecule has 0 saturated heterocycles. The number of fused-ring (bicyclic) bond motifs is 9. The van der Waals surface area contributed by atoms with Gasteiger partial charge >= 0.3 is 0 Å². The van der Waals surface area contributed by atoms with Gasteiger partial charge in [0.25, 0.3) is 0 Å². The Bertz CT molecular complexity index is 1560. The number of pyridine rings is 1. The number of rotatable bonds is 1. The van der Waals surface area contributed by atoms with Crippen molar-refractivity contribution in [2.45, 2.75) is 0 Å². The molecule has 2 aromatic carbocycles. The van der Waals surface area contributed by atoms with E-state index in [-0.39, 0.29) is 20.1 Å². The summed E-state index contributed by atoms with van der Waals surface area (Å²) in [5, 5.41) is 11.4. The third-order valence-corrected chi connectivity index (χ3v) is 7.32. The largest absolute Gasteiger partial charge is 0.301 e. The van der Waals surface area contributed by atoms with Gasteiger partial charge in [0.2, 0.25) is 0 Å². The van der Waals surface area contributed by atoms with E-state index < -0.39 is 0 Å². The molecule has 4 nitrogen and oxygen atoms in total. The molecule has 0 N–H and O–H groups in total. The molecule has 0 saturated carbocycles. The zero-order chi connectivity index (χ0) is 18.2. The molecule has 0 spiro atoms. The van der Waals surface area contributed by atoms with Crippen molar-refractivity contribution in [1.82, 2.24) is 19.2 Å². The number of aromatic nitrogens is 4. The fourth-order valence-corrected chi connectivity index (χ4v) is 6.23. The van der Waals surface area contributed by atoms with Crippen LogP contribution in [0.5, 0.6) is 0 Å². The molecular formula is C22H11IrN4S2-. The fourth-order valence-electron chi connectivity index (χ4n) is 4.16. The van der Waals surface area contributed by atoms with Gasteiger partial charge in [0, 0.05) is 30.9 Å². The maximum atomic E-state index is 4.53. The first-order chi connectivity index (χ1) is 13.9. The molecule has 1 radical (unpaired) electrons. The summed E-state index contributed by atoms with van der Waals surface area (Å²) in [6.07, 6.45) is 1.62. The van der Waals surface area contributed by atoms with Gasteiger partial charge in [-0.3, -0.25) is 11.3 Å². The molecule has 0 amide bonds. The van der Waals surface area contributed by atoms with Crippen LogP contribution in [0.2, 0.25) is 0 Å². The van der Waals surface area contributed by atoms with Crippen LogP contribution in [0.15, 0.2) is 66.3 Å². The molecule has 141 valence electrons. The van der Waals surface area contributed by atoms with Gasteiger partial charge < -0.3 is 4.57 Å². The number of hydrogen-bond acceptors (Lipinski definition) is 4. The minimum absolute atomic E-state index is 0. The molecular weight excluding hydrogens is 577 g/mol. The molecule has 0 atom stereocenters. The van der Waals surface area contributed by atoms with Crippen LogP contribution >= 0.6 is 22.7 Å². The molecule has 7 aromatic rings. The summed E-state index contributed by atoms with van der Waals surface area (Å²) in [5.41, 5.74) is 4.34. The zero-order valence-corrected chi connectivity index (χ0v) is 18.8. The van der Waals surface area contributed by atoms with Gasteiger partial charge in [-0.05, 0) is 18.2 Å². The molecule has 5 heterocycles. The number of benzene rings is 2. The first-order valence-electron chi connectivity index (χ1n) is 8.93. The van der Waals surface area contributed by atoms with Crippen LogP contribution < -0.4 is 0 Å². The van der Waals surface area contributed by atoms with Crippen molar-refractivity contribution in [3.8, 4) is 5.00 Å². The van der Waals surface area contributed by atoms with Crippen LogP contribution in [0.4, 0.5) is 0 Å². The van der Waals surface area contributed by atoms with E-state index in [2.05, 4.69) is 75.3 Å². The Morgan fingerprint density at radius 2 is 1.59 bits per heavy atom. The number of hydrogen-bond donors (Lipinski definition) is 0. The van der Waals surface area contributed by atoms with E-state index in [9.17, 15) is 0 Å². The molecule has 0 aliphatic rings. The van der Waals surface area contributed by atoms with Gasteiger partial charge in [0.1, 0.15) is 6.33 Å². The second-order valence-electron chi connectivity index (χ2n) is 6.75. The summed E-state index contributed by atoms with van der Waals surface area (Å²) < 4.78 is 6.64. The Balaban J connectivity index is 0.00000165. The molecule has 0 unspecified atom stereocenters. The molecule has 0 aliphatic carbocycles. The van der Waals surface area contributed by atoms with Crippen molar-refractivity contribution in [1.29, 1.82) is 0 Å². The van der Waals surface area contributed by atoms with E-state index in [1.807, 2.05) is 9.90 Å². The van der Waals surface area contributed by atoms with E-state index in [1.165, 1.54) is 36.9 Å². The van der Waals surface area contributed by atoms with E-state index in [1.54, 1.807) is 29.0 Å². The Kier molecular flexibility index (Phi) is 3.71. The summed E-state index contributed by atoms with van der Waals surface area (Å²) in [6, 6.07) is 22.8. The first-order valence-corrected chi connectivity index (χ1v) is 10.6. The van der Waals surface area contributed by atoms with Crippen LogP contribution in [0.3, 0.4) is 0 Å². The van der Waals surface area contributed by atoms with Gasteiger partial charge in [-0.2, -0.15) is 5.10 Å². The summed E-state index contributed by atoms with van der Waals surface area (Å²) in [7, 11) is 0. The summed E-state index contributed by atoms with van der Waals surface area (Å²) in [5.74, 6) is 0. The molecule has 0 aliphatic heterocycles. The standard InChI is InChI=1S/C22H11N4S2.Ir/c1-3-7-16-13(5-1)14-6-2-4-8-17(14)25(16)19-11-15-20-18(9-10-27-20)26-22(21(15)28-19)23-12-24-26;/h1-8,10-12H;/q-1;. The van der Waals surface area contributed by atoms with Crippen molar-refractivity contribution >= 4 is 70.4 Å². The molecule has 7 heteroatoms. The summed E-state index contributed by atoms with van der Waals surface area (Å²) in [6.45, 7) is 0. The van der Waals surface area contributed by atoms with Crippen molar-refractivity contribution in [2.75, 3.05) is 0 Å². The SMILES string of the molecule is [Ir].[c-]1csc2c3cc(-n4c5ccccc5c5ccccc54)sc3c3ncnn3c12. The molecule has 0 bridgehead atoms. The third-order valence-electron chi connectivity index (χ3n) is 5.31. The Hall–Kier alpha value is -2.57. The second kappa shape index (κ2) is 6.21. The number of para-hydroxylation sites is 2. The van der Waals surface area contributed by atoms with Crippen LogP contribution in [-0.4, -0.2) is 19.2 Å². The minimum atomic E-state index is 0. The number of thiophene rings is 2. The average Bonchev–Trinajstić information content (AvgIpc) is 3.49. The summed E-state index contributed by atoms with van der Waals surface area (Å²) in [4.78, 5) is 4.53. The Morgan fingerprint density at radius 1 is 0.862 bits per heavy atom. The van der Waals surface area contributed by atoms with Crippen molar-refractivity contribution in [3.05, 3.63) is 72.4 Å². The minimum Gasteiger partial charge on any atom is -0.301 e. The average molecular weight is 588 g/mol. The molecule has 7 rings (SSSR count). The first kappa shape index (κ1) is 17.3. The van der Waals surface area contributed by atoms with E-state index >= 15 is 0 Å². The zero-order valence-electron chi connectivity index (χ0n) is 14.8. The number of nitrogens with zero attached hydrogens (tertiary/aromatic N) is 4. The van der Waals surface area contributed by atoms with Gasteiger partial charge in [-0.1, -0.05) is 52.0 Å². The van der Waals surface area contributed by atoms with E-state index in [4.69, 9.17) is 0 Å². The Morgan fingerprint density at radius 3 is 2.34 bits per heavy atom. The van der Waals surface area contributed by atoms with Crippen LogP contribution in [0.1, 0.15) is 0 Å². The molecule has 29 heavy (non-hydrogen) atoms. The van der Waals surface area contributed by atoms with Gasteiger partial charge in [0.15, 0.2) is 5.65 Å². The van der Waals surface area contributed by atoms with E-state index in [0.717, 1.165) is 15.9 Å². The van der Waals surface area contributed by atoms with Gasteiger partial charge in [-0.15, -0.1) is 16.7 Å². The van der Waals surface area contributed by atoms with Crippen LogP contribution in [0, 0.1) is 6.07 Å². The van der Waals surface area contributed by atoms with Gasteiger partial charge in [-0.25, -0.2) is 15.6 Å². The fraction of sp³-hybridized carbons (Fsp3) is 0. The topological polar surface area (TPSA) is 35.1 Å².